The minimum atomic E-state index is -0.785. The third-order valence-electron chi connectivity index (χ3n) is 9.84. The van der Waals surface area contributed by atoms with Crippen LogP contribution in [0.15, 0.2) is 188 Å². The Morgan fingerprint density at radius 3 is 1.30 bits per heavy atom. The van der Waals surface area contributed by atoms with Crippen LogP contribution in [0.1, 0.15) is 51.0 Å². The monoisotopic (exact) mass is 740 g/mol. The van der Waals surface area contributed by atoms with Crippen molar-refractivity contribution >= 4 is 5.69 Å². The number of rotatable bonds is 18. The van der Waals surface area contributed by atoms with E-state index in [1.54, 1.807) is 0 Å². The topological polar surface area (TPSA) is 77.2 Å². The number of hydrogen-bond donors (Lipinski definition) is 2. The van der Waals surface area contributed by atoms with Crippen LogP contribution in [0.2, 0.25) is 0 Å². The summed E-state index contributed by atoms with van der Waals surface area (Å²) in [4.78, 5) is 2.32. The van der Waals surface area contributed by atoms with Gasteiger partial charge in [-0.1, -0.05) is 152 Å². The lowest BCUT2D eigenvalue weighted by Crippen LogP contribution is -2.33. The third-order valence-corrected chi connectivity index (χ3v) is 9.84. The van der Waals surface area contributed by atoms with Gasteiger partial charge < -0.3 is 25.1 Å². The molecule has 0 aliphatic carbocycles. The second kappa shape index (κ2) is 19.3. The fourth-order valence-corrected chi connectivity index (χ4v) is 6.77. The van der Waals surface area contributed by atoms with Gasteiger partial charge in [0.05, 0.1) is 11.8 Å². The summed E-state index contributed by atoms with van der Waals surface area (Å²) in [5, 5.41) is 11.8. The SMILES string of the molecule is Nc1cc(C(O)CN(Cc2ccccc2)CC(c2ccc(OCc3ccccc3)cc2)c2ccc(OCc3ccccc3)cc2)ccc1OCc1ccccc1. The zero-order valence-electron chi connectivity index (χ0n) is 31.5. The van der Waals surface area contributed by atoms with E-state index in [4.69, 9.17) is 19.9 Å². The molecule has 3 N–H and O–H groups in total. The standard InChI is InChI=1S/C50H48N2O4/c51-48-31-44(25-30-50(48)56-37-41-19-11-4-12-20-41)49(53)34-52(32-38-13-5-1-6-14-38)33-47(42-21-26-45(27-22-42)54-35-39-15-7-2-8-16-39)43-23-28-46(29-24-43)55-36-40-17-9-3-10-18-40/h1-31,47,49,53H,32-37,51H2. The van der Waals surface area contributed by atoms with Gasteiger partial charge in [-0.25, -0.2) is 0 Å². The van der Waals surface area contributed by atoms with E-state index in [1.165, 1.54) is 0 Å². The summed E-state index contributed by atoms with van der Waals surface area (Å²) < 4.78 is 18.3. The maximum absolute atomic E-state index is 11.8. The number of hydrogen-bond acceptors (Lipinski definition) is 6. The number of nitrogens with two attached hydrogens (primary N) is 1. The van der Waals surface area contributed by atoms with Crippen LogP contribution >= 0.6 is 0 Å². The van der Waals surface area contributed by atoms with Crippen molar-refractivity contribution in [3.05, 3.63) is 227 Å². The van der Waals surface area contributed by atoms with Crippen molar-refractivity contribution in [1.29, 1.82) is 0 Å². The summed E-state index contributed by atoms with van der Waals surface area (Å²) in [6.45, 7) is 3.11. The largest absolute Gasteiger partial charge is 0.489 e. The maximum Gasteiger partial charge on any atom is 0.142 e. The number of nitrogens with zero attached hydrogens (tertiary/aromatic N) is 1. The molecule has 0 radical (unpaired) electrons. The molecule has 0 amide bonds. The van der Waals surface area contributed by atoms with E-state index in [1.807, 2.05) is 115 Å². The molecule has 1 atom stereocenters. The average molecular weight is 741 g/mol. The molecular weight excluding hydrogens is 693 g/mol. The fourth-order valence-electron chi connectivity index (χ4n) is 6.77. The van der Waals surface area contributed by atoms with E-state index >= 15 is 0 Å². The van der Waals surface area contributed by atoms with Crippen molar-refractivity contribution in [1.82, 2.24) is 4.90 Å². The molecule has 282 valence electrons. The zero-order chi connectivity index (χ0) is 38.4. The van der Waals surface area contributed by atoms with Crippen LogP contribution in [0.25, 0.3) is 0 Å². The highest BCUT2D eigenvalue weighted by Crippen LogP contribution is 2.32. The van der Waals surface area contributed by atoms with Crippen LogP contribution in [0.5, 0.6) is 17.2 Å². The van der Waals surface area contributed by atoms with E-state index in [2.05, 4.69) is 77.7 Å². The van der Waals surface area contributed by atoms with E-state index in [0.29, 0.717) is 50.9 Å². The molecule has 6 nitrogen and oxygen atoms in total. The minimum Gasteiger partial charge on any atom is -0.489 e. The number of aliphatic hydroxyl groups excluding tert-OH is 1. The first kappa shape index (κ1) is 38.0. The van der Waals surface area contributed by atoms with Gasteiger partial charge >= 0.3 is 0 Å². The molecule has 0 aliphatic heterocycles. The first-order valence-electron chi connectivity index (χ1n) is 19.1. The Bertz CT molecular complexity index is 2110. The maximum atomic E-state index is 11.8. The van der Waals surface area contributed by atoms with Gasteiger partial charge in [0.15, 0.2) is 0 Å². The molecule has 7 rings (SSSR count). The van der Waals surface area contributed by atoms with Crippen molar-refractivity contribution in [2.24, 2.45) is 0 Å². The van der Waals surface area contributed by atoms with Crippen molar-refractivity contribution in [3.63, 3.8) is 0 Å². The average Bonchev–Trinajstić information content (AvgIpc) is 3.25. The van der Waals surface area contributed by atoms with Gasteiger partial charge in [-0.2, -0.15) is 0 Å². The minimum absolute atomic E-state index is 0.0175. The highest BCUT2D eigenvalue weighted by Gasteiger charge is 2.23. The normalized spacial score (nSPS) is 11.7. The molecule has 0 aliphatic rings. The van der Waals surface area contributed by atoms with Crippen LogP contribution < -0.4 is 19.9 Å². The molecule has 0 heterocycles. The van der Waals surface area contributed by atoms with Crippen molar-refractivity contribution in [2.75, 3.05) is 18.8 Å². The third kappa shape index (κ3) is 10.9. The Balaban J connectivity index is 1.12. The molecule has 0 saturated carbocycles. The fraction of sp³-hybridized carbons (Fsp3) is 0.160. The Morgan fingerprint density at radius 1 is 0.446 bits per heavy atom. The van der Waals surface area contributed by atoms with Gasteiger partial charge in [-0.3, -0.25) is 4.90 Å². The van der Waals surface area contributed by atoms with Crippen molar-refractivity contribution < 1.29 is 19.3 Å². The molecule has 7 aromatic carbocycles. The lowest BCUT2D eigenvalue weighted by molar-refractivity contribution is 0.107. The molecule has 0 saturated heterocycles. The summed E-state index contributed by atoms with van der Waals surface area (Å²) in [6, 6.07) is 63.1. The first-order valence-corrected chi connectivity index (χ1v) is 19.1. The molecule has 0 bridgehead atoms. The van der Waals surface area contributed by atoms with Crippen LogP contribution in [0.4, 0.5) is 5.69 Å². The van der Waals surface area contributed by atoms with E-state index in [9.17, 15) is 5.11 Å². The summed E-state index contributed by atoms with van der Waals surface area (Å²) in [5.74, 6) is 2.20. The highest BCUT2D eigenvalue weighted by atomic mass is 16.5. The first-order chi connectivity index (χ1) is 27.6. The number of aliphatic hydroxyl groups is 1. The Kier molecular flexibility index (Phi) is 13.1. The zero-order valence-corrected chi connectivity index (χ0v) is 31.5. The number of anilines is 1. The van der Waals surface area contributed by atoms with E-state index in [-0.39, 0.29) is 5.92 Å². The van der Waals surface area contributed by atoms with Crippen LogP contribution in [0, 0.1) is 0 Å². The lowest BCUT2D eigenvalue weighted by Gasteiger charge is -2.30. The van der Waals surface area contributed by atoms with Gasteiger partial charge in [-0.15, -0.1) is 0 Å². The summed E-state index contributed by atoms with van der Waals surface area (Å²) in [5.41, 5.74) is 14.5. The molecule has 0 spiro atoms. The summed E-state index contributed by atoms with van der Waals surface area (Å²) in [6.07, 6.45) is -0.785. The molecule has 7 aromatic rings. The molecule has 1 unspecified atom stereocenters. The van der Waals surface area contributed by atoms with Crippen LogP contribution in [-0.2, 0) is 26.4 Å². The second-order valence-corrected chi connectivity index (χ2v) is 14.0. The molecule has 56 heavy (non-hydrogen) atoms. The predicted molar refractivity (Wildman–Crippen MR) is 225 cm³/mol. The predicted octanol–water partition coefficient (Wildman–Crippen LogP) is 10.4. The quantitative estimate of drug-likeness (QED) is 0.0854. The van der Waals surface area contributed by atoms with Gasteiger partial charge in [-0.05, 0) is 75.3 Å². The Labute approximate surface area is 330 Å². The van der Waals surface area contributed by atoms with Gasteiger partial charge in [0.1, 0.15) is 37.1 Å². The molecule has 0 fully saturated rings. The highest BCUT2D eigenvalue weighted by molar-refractivity contribution is 5.55. The van der Waals surface area contributed by atoms with Crippen LogP contribution in [-0.4, -0.2) is 23.1 Å². The van der Waals surface area contributed by atoms with E-state index < -0.39 is 6.10 Å². The second-order valence-electron chi connectivity index (χ2n) is 14.0. The van der Waals surface area contributed by atoms with Crippen molar-refractivity contribution in [3.8, 4) is 17.2 Å². The number of benzene rings is 7. The lowest BCUT2D eigenvalue weighted by atomic mass is 9.90. The molecule has 6 heteroatoms. The van der Waals surface area contributed by atoms with Gasteiger partial charge in [0.25, 0.3) is 0 Å². The van der Waals surface area contributed by atoms with E-state index in [0.717, 1.165) is 50.4 Å². The number of nitrogen functional groups attached to an aromatic ring is 1. The Morgan fingerprint density at radius 2 is 0.857 bits per heavy atom. The number of ether oxygens (including phenoxy) is 3. The van der Waals surface area contributed by atoms with Gasteiger partial charge in [0, 0.05) is 25.6 Å². The summed E-state index contributed by atoms with van der Waals surface area (Å²) >= 11 is 0. The Hall–Kier alpha value is -6.34. The van der Waals surface area contributed by atoms with Crippen LogP contribution in [0.3, 0.4) is 0 Å². The summed E-state index contributed by atoms with van der Waals surface area (Å²) in [7, 11) is 0. The molecule has 0 aromatic heterocycles. The van der Waals surface area contributed by atoms with Crippen molar-refractivity contribution in [2.45, 2.75) is 38.4 Å². The van der Waals surface area contributed by atoms with Gasteiger partial charge in [0.2, 0.25) is 0 Å². The smallest absolute Gasteiger partial charge is 0.142 e. The molecular formula is C50H48N2O4.